The summed E-state index contributed by atoms with van der Waals surface area (Å²) in [7, 11) is -3.53. The third kappa shape index (κ3) is 2.10. The van der Waals surface area contributed by atoms with Crippen LogP contribution in [0.15, 0.2) is 6.20 Å². The number of aromatic nitrogens is 3. The van der Waals surface area contributed by atoms with Crippen molar-refractivity contribution in [1.29, 1.82) is 0 Å². The molecule has 0 spiro atoms. The van der Waals surface area contributed by atoms with Crippen LogP contribution in [-0.4, -0.2) is 47.7 Å². The van der Waals surface area contributed by atoms with Gasteiger partial charge >= 0.3 is 0 Å². The molecule has 3 rings (SSSR count). The quantitative estimate of drug-likeness (QED) is 0.701. The maximum absolute atomic E-state index is 11.7. The lowest BCUT2D eigenvalue weighted by molar-refractivity contribution is 0.0976. The standard InChI is InChI=1S/C9H13N5O3S/c15-9(12-18(16,17)7-1-2-7)8-5-14(13-11-8)6-3-10-4-6/h5-7,10H,1-4H2,(H,12,15). The lowest BCUT2D eigenvalue weighted by atomic mass is 10.2. The molecule has 2 fully saturated rings. The number of sulfonamides is 1. The van der Waals surface area contributed by atoms with E-state index in [1.807, 2.05) is 4.72 Å². The van der Waals surface area contributed by atoms with E-state index < -0.39 is 21.2 Å². The second kappa shape index (κ2) is 4.02. The number of rotatable bonds is 4. The summed E-state index contributed by atoms with van der Waals surface area (Å²) < 4.78 is 26.8. The van der Waals surface area contributed by atoms with Gasteiger partial charge in [0.1, 0.15) is 0 Å². The third-order valence-electron chi connectivity index (χ3n) is 3.08. The van der Waals surface area contributed by atoms with Gasteiger partial charge in [-0.05, 0) is 12.8 Å². The minimum absolute atomic E-state index is 0.0334. The van der Waals surface area contributed by atoms with Crippen LogP contribution in [0.1, 0.15) is 29.4 Å². The molecule has 2 N–H and O–H groups in total. The van der Waals surface area contributed by atoms with Crippen molar-refractivity contribution in [3.63, 3.8) is 0 Å². The van der Waals surface area contributed by atoms with Gasteiger partial charge in [-0.1, -0.05) is 5.21 Å². The fourth-order valence-electron chi connectivity index (χ4n) is 1.66. The summed E-state index contributed by atoms with van der Waals surface area (Å²) in [6.07, 6.45) is 2.70. The summed E-state index contributed by atoms with van der Waals surface area (Å²) in [5, 5.41) is 10.2. The highest BCUT2D eigenvalue weighted by molar-refractivity contribution is 7.91. The molecular weight excluding hydrogens is 258 g/mol. The SMILES string of the molecule is O=C(NS(=O)(=O)C1CC1)c1cn(C2CNC2)nn1. The highest BCUT2D eigenvalue weighted by Gasteiger charge is 2.37. The van der Waals surface area contributed by atoms with Crippen molar-refractivity contribution in [3.05, 3.63) is 11.9 Å². The summed E-state index contributed by atoms with van der Waals surface area (Å²) in [5.74, 6) is -0.708. The van der Waals surface area contributed by atoms with E-state index in [0.717, 1.165) is 13.1 Å². The smallest absolute Gasteiger partial charge is 0.286 e. The molecule has 0 radical (unpaired) electrons. The van der Waals surface area contributed by atoms with Crippen LogP contribution in [0.3, 0.4) is 0 Å². The Morgan fingerprint density at radius 2 is 2.17 bits per heavy atom. The second-order valence-electron chi connectivity index (χ2n) is 4.57. The number of amides is 1. The molecule has 98 valence electrons. The molecular formula is C9H13N5O3S. The Kier molecular flexibility index (Phi) is 2.59. The first-order chi connectivity index (χ1) is 8.56. The molecule has 2 heterocycles. The van der Waals surface area contributed by atoms with Gasteiger partial charge in [0.05, 0.1) is 17.5 Å². The van der Waals surface area contributed by atoms with Gasteiger partial charge in [-0.2, -0.15) is 0 Å². The van der Waals surface area contributed by atoms with Gasteiger partial charge in [-0.3, -0.25) is 4.79 Å². The van der Waals surface area contributed by atoms with E-state index in [1.165, 1.54) is 6.20 Å². The van der Waals surface area contributed by atoms with E-state index in [0.29, 0.717) is 12.8 Å². The predicted molar refractivity (Wildman–Crippen MR) is 61.3 cm³/mol. The number of nitrogens with one attached hydrogen (secondary N) is 2. The van der Waals surface area contributed by atoms with E-state index in [2.05, 4.69) is 15.6 Å². The number of hydrogen-bond donors (Lipinski definition) is 2. The summed E-state index contributed by atoms with van der Waals surface area (Å²) in [6, 6.07) is 0.194. The highest BCUT2D eigenvalue weighted by Crippen LogP contribution is 2.27. The minimum atomic E-state index is -3.53. The van der Waals surface area contributed by atoms with Gasteiger partial charge in [0.25, 0.3) is 5.91 Å². The molecule has 0 bridgehead atoms. The van der Waals surface area contributed by atoms with Crippen molar-refractivity contribution in [2.75, 3.05) is 13.1 Å². The molecule has 1 amide bonds. The Morgan fingerprint density at radius 3 is 2.72 bits per heavy atom. The van der Waals surface area contributed by atoms with Gasteiger partial charge in [0.15, 0.2) is 5.69 Å². The molecule has 0 aromatic carbocycles. The maximum Gasteiger partial charge on any atom is 0.286 e. The molecule has 0 atom stereocenters. The Bertz CT molecular complexity index is 573. The molecule has 8 nitrogen and oxygen atoms in total. The zero-order valence-corrected chi connectivity index (χ0v) is 10.4. The topological polar surface area (TPSA) is 106 Å². The van der Waals surface area contributed by atoms with Crippen LogP contribution in [-0.2, 0) is 10.0 Å². The van der Waals surface area contributed by atoms with Crippen LogP contribution < -0.4 is 10.0 Å². The minimum Gasteiger partial charge on any atom is -0.312 e. The fourth-order valence-corrected chi connectivity index (χ4v) is 2.95. The average molecular weight is 271 g/mol. The summed E-state index contributed by atoms with van der Waals surface area (Å²) in [5.41, 5.74) is 0.0334. The fraction of sp³-hybridized carbons (Fsp3) is 0.667. The zero-order chi connectivity index (χ0) is 12.8. The van der Waals surface area contributed by atoms with Crippen LogP contribution in [0, 0.1) is 0 Å². The van der Waals surface area contributed by atoms with Gasteiger partial charge in [0, 0.05) is 13.1 Å². The van der Waals surface area contributed by atoms with Gasteiger partial charge in [-0.25, -0.2) is 17.8 Å². The molecule has 1 aromatic rings. The molecule has 1 saturated heterocycles. The van der Waals surface area contributed by atoms with Crippen molar-refractivity contribution in [2.45, 2.75) is 24.1 Å². The van der Waals surface area contributed by atoms with Crippen LogP contribution in [0.4, 0.5) is 0 Å². The van der Waals surface area contributed by atoms with E-state index >= 15 is 0 Å². The van der Waals surface area contributed by atoms with Crippen molar-refractivity contribution in [1.82, 2.24) is 25.0 Å². The van der Waals surface area contributed by atoms with Crippen LogP contribution in [0.25, 0.3) is 0 Å². The lowest BCUT2D eigenvalue weighted by Crippen LogP contribution is -2.43. The Balaban J connectivity index is 1.70. The number of hydrogen-bond acceptors (Lipinski definition) is 6. The van der Waals surface area contributed by atoms with Crippen LogP contribution >= 0.6 is 0 Å². The molecule has 1 aromatic heterocycles. The zero-order valence-electron chi connectivity index (χ0n) is 9.54. The predicted octanol–water partition coefficient (Wildman–Crippen LogP) is -1.36. The molecule has 18 heavy (non-hydrogen) atoms. The van der Waals surface area contributed by atoms with E-state index in [4.69, 9.17) is 0 Å². The Hall–Kier alpha value is -1.48. The van der Waals surface area contributed by atoms with Crippen molar-refractivity contribution < 1.29 is 13.2 Å². The Morgan fingerprint density at radius 1 is 1.44 bits per heavy atom. The van der Waals surface area contributed by atoms with Crippen molar-refractivity contribution >= 4 is 15.9 Å². The van der Waals surface area contributed by atoms with Crippen LogP contribution in [0.2, 0.25) is 0 Å². The molecule has 1 aliphatic carbocycles. The van der Waals surface area contributed by atoms with E-state index in [-0.39, 0.29) is 11.7 Å². The first kappa shape index (κ1) is 11.6. The van der Waals surface area contributed by atoms with E-state index in [1.54, 1.807) is 4.68 Å². The number of carbonyl (C=O) groups is 1. The third-order valence-corrected chi connectivity index (χ3v) is 4.89. The van der Waals surface area contributed by atoms with Crippen LogP contribution in [0.5, 0.6) is 0 Å². The Labute approximate surface area is 104 Å². The van der Waals surface area contributed by atoms with Gasteiger partial charge < -0.3 is 5.32 Å². The molecule has 2 aliphatic rings. The molecule has 0 unspecified atom stereocenters. The normalized spacial score (nSPS) is 20.4. The van der Waals surface area contributed by atoms with Gasteiger partial charge in [-0.15, -0.1) is 5.10 Å². The van der Waals surface area contributed by atoms with Gasteiger partial charge in [0.2, 0.25) is 10.0 Å². The molecule has 1 saturated carbocycles. The first-order valence-corrected chi connectivity index (χ1v) is 7.29. The number of nitrogens with zero attached hydrogens (tertiary/aromatic N) is 3. The first-order valence-electron chi connectivity index (χ1n) is 5.75. The second-order valence-corrected chi connectivity index (χ2v) is 6.53. The molecule has 1 aliphatic heterocycles. The summed E-state index contributed by atoms with van der Waals surface area (Å²) >= 11 is 0. The molecule has 9 heteroatoms. The average Bonchev–Trinajstić information content (AvgIpc) is 2.97. The maximum atomic E-state index is 11.7. The van der Waals surface area contributed by atoms with Crippen molar-refractivity contribution in [3.8, 4) is 0 Å². The van der Waals surface area contributed by atoms with E-state index in [9.17, 15) is 13.2 Å². The monoisotopic (exact) mass is 271 g/mol. The van der Waals surface area contributed by atoms with Crippen molar-refractivity contribution in [2.24, 2.45) is 0 Å². The summed E-state index contributed by atoms with van der Waals surface area (Å²) in [6.45, 7) is 1.57. The number of carbonyl (C=O) groups excluding carboxylic acids is 1. The lowest BCUT2D eigenvalue weighted by Gasteiger charge is -2.26. The largest absolute Gasteiger partial charge is 0.312 e. The highest BCUT2D eigenvalue weighted by atomic mass is 32.2. The summed E-state index contributed by atoms with van der Waals surface area (Å²) in [4.78, 5) is 11.7.